The molecule has 0 saturated heterocycles. The lowest BCUT2D eigenvalue weighted by molar-refractivity contribution is -0.141. The van der Waals surface area contributed by atoms with E-state index < -0.39 is 16.1 Å². The predicted molar refractivity (Wildman–Crippen MR) is 171 cm³/mol. The smallest absolute Gasteiger partial charge is 0.243 e. The molecule has 2 amide bonds. The average molecular weight is 592 g/mol. The Balaban J connectivity index is 1.89. The predicted octanol–water partition coefficient (Wildman–Crippen LogP) is 5.57. The van der Waals surface area contributed by atoms with Crippen molar-refractivity contribution in [2.75, 3.05) is 23.7 Å². The Hall–Kier alpha value is -3.65. The van der Waals surface area contributed by atoms with E-state index >= 15 is 0 Å². The molecule has 0 aliphatic carbocycles. The average Bonchev–Trinajstić information content (AvgIpc) is 2.94. The quantitative estimate of drug-likeness (QED) is 0.266. The van der Waals surface area contributed by atoms with Crippen LogP contribution in [0.25, 0.3) is 0 Å². The highest BCUT2D eigenvalue weighted by Crippen LogP contribution is 2.26. The Morgan fingerprint density at radius 2 is 1.52 bits per heavy atom. The van der Waals surface area contributed by atoms with Gasteiger partial charge in [0.05, 0.1) is 11.9 Å². The minimum Gasteiger partial charge on any atom is -0.354 e. The third-order valence-electron chi connectivity index (χ3n) is 7.43. The lowest BCUT2D eigenvalue weighted by atomic mass is 10.0. The van der Waals surface area contributed by atoms with E-state index in [1.807, 2.05) is 101 Å². The van der Waals surface area contributed by atoms with E-state index in [2.05, 4.69) is 5.32 Å². The largest absolute Gasteiger partial charge is 0.354 e. The first-order valence-corrected chi connectivity index (χ1v) is 16.4. The number of rotatable bonds is 14. The Labute approximate surface area is 252 Å². The number of hydrogen-bond donors (Lipinski definition) is 1. The molecule has 0 bridgehead atoms. The first kappa shape index (κ1) is 32.9. The second kappa shape index (κ2) is 15.0. The van der Waals surface area contributed by atoms with E-state index in [9.17, 15) is 18.0 Å². The van der Waals surface area contributed by atoms with Crippen molar-refractivity contribution in [1.82, 2.24) is 10.2 Å². The highest BCUT2D eigenvalue weighted by atomic mass is 32.2. The van der Waals surface area contributed by atoms with Gasteiger partial charge in [0.2, 0.25) is 21.8 Å². The lowest BCUT2D eigenvalue weighted by Gasteiger charge is -2.32. The summed E-state index contributed by atoms with van der Waals surface area (Å²) < 4.78 is 26.9. The van der Waals surface area contributed by atoms with E-state index in [-0.39, 0.29) is 37.2 Å². The molecule has 0 saturated carbocycles. The molecule has 1 atom stereocenters. The summed E-state index contributed by atoms with van der Waals surface area (Å²) in [5.41, 5.74) is 5.51. The van der Waals surface area contributed by atoms with Gasteiger partial charge in [-0.3, -0.25) is 13.9 Å². The number of nitrogens with zero attached hydrogens (tertiary/aromatic N) is 2. The summed E-state index contributed by atoms with van der Waals surface area (Å²) in [6.45, 7) is 10.9. The summed E-state index contributed by atoms with van der Waals surface area (Å²) in [4.78, 5) is 29.2. The van der Waals surface area contributed by atoms with Gasteiger partial charge in [-0.1, -0.05) is 86.1 Å². The van der Waals surface area contributed by atoms with Crippen LogP contribution in [0.2, 0.25) is 0 Å². The van der Waals surface area contributed by atoms with Crippen molar-refractivity contribution in [1.29, 1.82) is 0 Å². The van der Waals surface area contributed by atoms with Crippen LogP contribution in [0, 0.1) is 26.7 Å². The number of carbonyl (C=O) groups excluding carboxylic acids is 2. The van der Waals surface area contributed by atoms with Crippen molar-refractivity contribution in [3.8, 4) is 0 Å². The van der Waals surface area contributed by atoms with Crippen LogP contribution in [0.15, 0.2) is 72.8 Å². The van der Waals surface area contributed by atoms with Crippen molar-refractivity contribution >= 4 is 27.5 Å². The molecular formula is C34H45N3O4S. The zero-order chi connectivity index (χ0) is 30.9. The van der Waals surface area contributed by atoms with E-state index in [1.54, 1.807) is 11.0 Å². The number of benzene rings is 3. The zero-order valence-electron chi connectivity index (χ0n) is 25.8. The van der Waals surface area contributed by atoms with Crippen LogP contribution in [0.4, 0.5) is 5.69 Å². The third kappa shape index (κ3) is 9.44. The van der Waals surface area contributed by atoms with Crippen molar-refractivity contribution in [2.24, 2.45) is 5.92 Å². The van der Waals surface area contributed by atoms with Gasteiger partial charge in [0, 0.05) is 32.5 Å². The molecule has 42 heavy (non-hydrogen) atoms. The van der Waals surface area contributed by atoms with Gasteiger partial charge < -0.3 is 10.2 Å². The Morgan fingerprint density at radius 1 is 0.857 bits per heavy atom. The molecule has 0 aliphatic heterocycles. The molecule has 0 radical (unpaired) electrons. The number of nitrogens with one attached hydrogen (secondary N) is 1. The van der Waals surface area contributed by atoms with Crippen LogP contribution < -0.4 is 9.62 Å². The fraction of sp³-hybridized carbons (Fsp3) is 0.412. The number of amides is 2. The fourth-order valence-electron chi connectivity index (χ4n) is 4.85. The van der Waals surface area contributed by atoms with Gasteiger partial charge in [0.25, 0.3) is 0 Å². The maximum absolute atomic E-state index is 14.0. The summed E-state index contributed by atoms with van der Waals surface area (Å²) in [7, 11) is -3.57. The highest BCUT2D eigenvalue weighted by molar-refractivity contribution is 7.92. The topological polar surface area (TPSA) is 86.8 Å². The molecule has 0 fully saturated rings. The summed E-state index contributed by atoms with van der Waals surface area (Å²) in [5, 5.41) is 3.04. The first-order valence-electron chi connectivity index (χ1n) is 14.6. The van der Waals surface area contributed by atoms with Gasteiger partial charge in [0.15, 0.2) is 0 Å². The van der Waals surface area contributed by atoms with E-state index in [1.165, 1.54) is 10.6 Å². The molecule has 3 rings (SSSR count). The van der Waals surface area contributed by atoms with Crippen LogP contribution in [0.5, 0.6) is 0 Å². The Bertz CT molecular complexity index is 1440. The molecule has 0 spiro atoms. The SMILES string of the molecule is Cc1ccc(CN(C(=O)CCCN(c2cccc(C)c2C)S(C)(=O)=O)C(Cc2ccccc2)C(=O)NCC(C)C)cc1. The van der Waals surface area contributed by atoms with Crippen LogP contribution >= 0.6 is 0 Å². The maximum atomic E-state index is 14.0. The first-order chi connectivity index (χ1) is 19.9. The fourth-order valence-corrected chi connectivity index (χ4v) is 5.87. The molecule has 7 nitrogen and oxygen atoms in total. The second-order valence-corrected chi connectivity index (χ2v) is 13.4. The molecule has 8 heteroatoms. The zero-order valence-corrected chi connectivity index (χ0v) is 26.6. The minimum atomic E-state index is -3.57. The molecule has 3 aromatic carbocycles. The number of anilines is 1. The van der Waals surface area contributed by atoms with Crippen molar-refractivity contribution in [2.45, 2.75) is 66.5 Å². The van der Waals surface area contributed by atoms with Crippen LogP contribution in [-0.4, -0.2) is 50.5 Å². The van der Waals surface area contributed by atoms with Gasteiger partial charge in [-0.15, -0.1) is 0 Å². The second-order valence-electron chi connectivity index (χ2n) is 11.5. The number of hydrogen-bond acceptors (Lipinski definition) is 4. The van der Waals surface area contributed by atoms with Crippen LogP contribution in [-0.2, 0) is 32.6 Å². The molecule has 0 aromatic heterocycles. The Morgan fingerprint density at radius 3 is 2.14 bits per heavy atom. The van der Waals surface area contributed by atoms with Gasteiger partial charge in [-0.05, 0) is 61.4 Å². The third-order valence-corrected chi connectivity index (χ3v) is 8.61. The normalized spacial score (nSPS) is 12.2. The molecule has 1 N–H and O–H groups in total. The van der Waals surface area contributed by atoms with Gasteiger partial charge >= 0.3 is 0 Å². The molecule has 1 unspecified atom stereocenters. The van der Waals surface area contributed by atoms with E-state index in [0.717, 1.165) is 27.8 Å². The molecular weight excluding hydrogens is 546 g/mol. The van der Waals surface area contributed by atoms with Crippen LogP contribution in [0.1, 0.15) is 54.5 Å². The minimum absolute atomic E-state index is 0.103. The maximum Gasteiger partial charge on any atom is 0.243 e. The number of aryl methyl sites for hydroxylation is 2. The van der Waals surface area contributed by atoms with Crippen molar-refractivity contribution in [3.63, 3.8) is 0 Å². The molecule has 226 valence electrons. The van der Waals surface area contributed by atoms with Gasteiger partial charge in [-0.25, -0.2) is 8.42 Å². The Kier molecular flexibility index (Phi) is 11.7. The summed E-state index contributed by atoms with van der Waals surface area (Å²) in [5.74, 6) is -0.119. The number of carbonyl (C=O) groups is 2. The number of sulfonamides is 1. The standard InChI is InChI=1S/C34H45N3O4S/c1-25(2)23-35-34(39)32(22-29-13-8-7-9-14-29)36(24-30-19-17-26(3)18-20-30)33(38)16-11-21-37(42(6,40)41)31-15-10-12-27(4)28(31)5/h7-10,12-15,17-20,25,32H,11,16,21-24H2,1-6H3,(H,35,39). The van der Waals surface area contributed by atoms with Crippen molar-refractivity contribution < 1.29 is 18.0 Å². The monoisotopic (exact) mass is 591 g/mol. The molecule has 3 aromatic rings. The summed E-state index contributed by atoms with van der Waals surface area (Å²) >= 11 is 0. The summed E-state index contributed by atoms with van der Waals surface area (Å²) in [6.07, 6.45) is 1.98. The summed E-state index contributed by atoms with van der Waals surface area (Å²) in [6, 6.07) is 22.5. The molecule has 0 heterocycles. The lowest BCUT2D eigenvalue weighted by Crippen LogP contribution is -2.51. The van der Waals surface area contributed by atoms with E-state index in [4.69, 9.17) is 0 Å². The van der Waals surface area contributed by atoms with E-state index in [0.29, 0.717) is 25.1 Å². The van der Waals surface area contributed by atoms with Crippen molar-refractivity contribution in [3.05, 3.63) is 101 Å². The van der Waals surface area contributed by atoms with Gasteiger partial charge in [0.1, 0.15) is 6.04 Å². The van der Waals surface area contributed by atoms with Gasteiger partial charge in [-0.2, -0.15) is 0 Å². The highest BCUT2D eigenvalue weighted by Gasteiger charge is 2.30. The molecule has 0 aliphatic rings. The van der Waals surface area contributed by atoms with Crippen LogP contribution in [0.3, 0.4) is 0 Å².